The third-order valence-electron chi connectivity index (χ3n) is 5.45. The van der Waals surface area contributed by atoms with E-state index < -0.39 is 0 Å². The maximum Gasteiger partial charge on any atom is 0.0277 e. The highest BCUT2D eigenvalue weighted by atomic mass is 15.2. The standard InChI is InChI=1S/C17H34N2/c1-4-17(3)14-19(11-6-10-18-17)12-9-16-8-5-7-15(2)13-16/h15-16,18H,4-14H2,1-3H3. The molecule has 0 amide bonds. The fourth-order valence-corrected chi connectivity index (χ4v) is 3.94. The lowest BCUT2D eigenvalue weighted by Gasteiger charge is -2.34. The maximum atomic E-state index is 3.74. The second kappa shape index (κ2) is 7.08. The minimum Gasteiger partial charge on any atom is -0.310 e. The van der Waals surface area contributed by atoms with Gasteiger partial charge in [-0.15, -0.1) is 0 Å². The van der Waals surface area contributed by atoms with Crippen LogP contribution in [0.15, 0.2) is 0 Å². The van der Waals surface area contributed by atoms with Gasteiger partial charge in [0.2, 0.25) is 0 Å². The van der Waals surface area contributed by atoms with E-state index in [4.69, 9.17) is 0 Å². The van der Waals surface area contributed by atoms with Crippen molar-refractivity contribution in [3.05, 3.63) is 0 Å². The van der Waals surface area contributed by atoms with Crippen molar-refractivity contribution in [3.8, 4) is 0 Å². The molecule has 19 heavy (non-hydrogen) atoms. The van der Waals surface area contributed by atoms with Crippen LogP contribution in [0.2, 0.25) is 0 Å². The van der Waals surface area contributed by atoms with Gasteiger partial charge in [0.25, 0.3) is 0 Å². The van der Waals surface area contributed by atoms with Crippen LogP contribution in [0.4, 0.5) is 0 Å². The van der Waals surface area contributed by atoms with E-state index in [9.17, 15) is 0 Å². The molecule has 1 aliphatic carbocycles. The molecule has 2 rings (SSSR count). The molecule has 3 atom stereocenters. The van der Waals surface area contributed by atoms with Gasteiger partial charge in [0.05, 0.1) is 0 Å². The Morgan fingerprint density at radius 3 is 2.84 bits per heavy atom. The molecule has 1 N–H and O–H groups in total. The fourth-order valence-electron chi connectivity index (χ4n) is 3.94. The molecule has 0 aromatic heterocycles. The summed E-state index contributed by atoms with van der Waals surface area (Å²) in [7, 11) is 0. The first kappa shape index (κ1) is 15.3. The van der Waals surface area contributed by atoms with Crippen molar-refractivity contribution >= 4 is 0 Å². The van der Waals surface area contributed by atoms with Gasteiger partial charge in [-0.05, 0) is 64.1 Å². The zero-order valence-corrected chi connectivity index (χ0v) is 13.4. The molecule has 0 aromatic carbocycles. The Morgan fingerprint density at radius 2 is 2.11 bits per heavy atom. The third-order valence-corrected chi connectivity index (χ3v) is 5.45. The molecule has 2 fully saturated rings. The minimum atomic E-state index is 0.344. The lowest BCUT2D eigenvalue weighted by Crippen LogP contribution is -2.48. The molecule has 0 spiro atoms. The highest BCUT2D eigenvalue weighted by Gasteiger charge is 2.27. The van der Waals surface area contributed by atoms with Crippen LogP contribution < -0.4 is 5.32 Å². The van der Waals surface area contributed by atoms with Crippen molar-refractivity contribution in [2.24, 2.45) is 11.8 Å². The van der Waals surface area contributed by atoms with E-state index in [1.807, 2.05) is 0 Å². The summed E-state index contributed by atoms with van der Waals surface area (Å²) in [6, 6.07) is 0. The van der Waals surface area contributed by atoms with Crippen LogP contribution in [-0.2, 0) is 0 Å². The molecule has 0 bridgehead atoms. The molecular weight excluding hydrogens is 232 g/mol. The number of nitrogens with one attached hydrogen (secondary N) is 1. The van der Waals surface area contributed by atoms with Crippen LogP contribution in [0.1, 0.15) is 65.7 Å². The molecule has 1 saturated carbocycles. The molecule has 1 saturated heterocycles. The van der Waals surface area contributed by atoms with Gasteiger partial charge in [-0.3, -0.25) is 0 Å². The van der Waals surface area contributed by atoms with Crippen molar-refractivity contribution in [2.45, 2.75) is 71.3 Å². The molecule has 2 nitrogen and oxygen atoms in total. The van der Waals surface area contributed by atoms with Gasteiger partial charge in [0.15, 0.2) is 0 Å². The summed E-state index contributed by atoms with van der Waals surface area (Å²) in [5, 5.41) is 3.74. The zero-order chi connectivity index (χ0) is 13.7. The lowest BCUT2D eigenvalue weighted by molar-refractivity contribution is 0.184. The number of hydrogen-bond acceptors (Lipinski definition) is 2. The van der Waals surface area contributed by atoms with E-state index in [2.05, 4.69) is 31.0 Å². The van der Waals surface area contributed by atoms with Gasteiger partial charge in [0.1, 0.15) is 0 Å². The Bertz CT molecular complexity index is 266. The zero-order valence-electron chi connectivity index (χ0n) is 13.4. The number of rotatable bonds is 4. The number of hydrogen-bond donors (Lipinski definition) is 1. The average Bonchev–Trinajstić information content (AvgIpc) is 2.59. The first-order chi connectivity index (χ1) is 9.11. The third kappa shape index (κ3) is 4.75. The van der Waals surface area contributed by atoms with Gasteiger partial charge in [0, 0.05) is 12.1 Å². The maximum absolute atomic E-state index is 3.74. The largest absolute Gasteiger partial charge is 0.310 e. The summed E-state index contributed by atoms with van der Waals surface area (Å²) < 4.78 is 0. The number of nitrogens with zero attached hydrogens (tertiary/aromatic N) is 1. The van der Waals surface area contributed by atoms with E-state index in [0.717, 1.165) is 11.8 Å². The van der Waals surface area contributed by atoms with Crippen LogP contribution in [0.25, 0.3) is 0 Å². The molecule has 1 heterocycles. The molecular formula is C17H34N2. The minimum absolute atomic E-state index is 0.344. The van der Waals surface area contributed by atoms with Crippen molar-refractivity contribution in [2.75, 3.05) is 26.2 Å². The Hall–Kier alpha value is -0.0800. The molecule has 3 unspecified atom stereocenters. The first-order valence-corrected chi connectivity index (χ1v) is 8.59. The van der Waals surface area contributed by atoms with Crippen LogP contribution in [0.3, 0.4) is 0 Å². The molecule has 2 heteroatoms. The van der Waals surface area contributed by atoms with Crippen molar-refractivity contribution in [3.63, 3.8) is 0 Å². The summed E-state index contributed by atoms with van der Waals surface area (Å²) in [6.07, 6.45) is 9.90. The van der Waals surface area contributed by atoms with E-state index >= 15 is 0 Å². The summed E-state index contributed by atoms with van der Waals surface area (Å²) in [5.41, 5.74) is 0.344. The molecule has 0 radical (unpaired) electrons. The lowest BCUT2D eigenvalue weighted by atomic mass is 9.81. The van der Waals surface area contributed by atoms with Gasteiger partial charge >= 0.3 is 0 Å². The highest BCUT2D eigenvalue weighted by molar-refractivity contribution is 4.88. The summed E-state index contributed by atoms with van der Waals surface area (Å²) in [4.78, 5) is 2.72. The molecule has 0 aromatic rings. The van der Waals surface area contributed by atoms with Crippen molar-refractivity contribution in [1.82, 2.24) is 10.2 Å². The summed E-state index contributed by atoms with van der Waals surface area (Å²) in [5.74, 6) is 1.98. The predicted octanol–water partition coefficient (Wildman–Crippen LogP) is 3.67. The van der Waals surface area contributed by atoms with Crippen LogP contribution >= 0.6 is 0 Å². The van der Waals surface area contributed by atoms with Gasteiger partial charge in [-0.1, -0.05) is 33.1 Å². The van der Waals surface area contributed by atoms with E-state index in [-0.39, 0.29) is 0 Å². The topological polar surface area (TPSA) is 15.3 Å². The first-order valence-electron chi connectivity index (χ1n) is 8.59. The Labute approximate surface area is 120 Å². The molecule has 1 aliphatic heterocycles. The van der Waals surface area contributed by atoms with Gasteiger partial charge in [-0.25, -0.2) is 0 Å². The van der Waals surface area contributed by atoms with E-state index in [0.29, 0.717) is 5.54 Å². The predicted molar refractivity (Wildman–Crippen MR) is 83.5 cm³/mol. The smallest absolute Gasteiger partial charge is 0.0277 e. The Balaban J connectivity index is 1.77. The van der Waals surface area contributed by atoms with Crippen molar-refractivity contribution in [1.29, 1.82) is 0 Å². The van der Waals surface area contributed by atoms with Gasteiger partial charge in [-0.2, -0.15) is 0 Å². The molecule has 2 aliphatic rings. The van der Waals surface area contributed by atoms with E-state index in [1.165, 1.54) is 71.1 Å². The average molecular weight is 266 g/mol. The summed E-state index contributed by atoms with van der Waals surface area (Å²) in [6.45, 7) is 12.2. The second-order valence-electron chi connectivity index (χ2n) is 7.40. The monoisotopic (exact) mass is 266 g/mol. The van der Waals surface area contributed by atoms with Crippen LogP contribution in [0, 0.1) is 11.8 Å². The highest BCUT2D eigenvalue weighted by Crippen LogP contribution is 2.31. The Kier molecular flexibility index (Phi) is 5.70. The normalized spacial score (nSPS) is 38.1. The fraction of sp³-hybridized carbons (Fsp3) is 1.00. The second-order valence-corrected chi connectivity index (χ2v) is 7.40. The van der Waals surface area contributed by atoms with Crippen molar-refractivity contribution < 1.29 is 0 Å². The van der Waals surface area contributed by atoms with E-state index in [1.54, 1.807) is 0 Å². The summed E-state index contributed by atoms with van der Waals surface area (Å²) >= 11 is 0. The Morgan fingerprint density at radius 1 is 1.26 bits per heavy atom. The van der Waals surface area contributed by atoms with Crippen LogP contribution in [-0.4, -0.2) is 36.6 Å². The van der Waals surface area contributed by atoms with Gasteiger partial charge < -0.3 is 10.2 Å². The molecule has 112 valence electrons. The SMILES string of the molecule is CCC1(C)CN(CCC2CCCC(C)C2)CCCN1. The quantitative estimate of drug-likeness (QED) is 0.835. The van der Waals surface area contributed by atoms with Crippen LogP contribution in [0.5, 0.6) is 0 Å².